The van der Waals surface area contributed by atoms with Crippen molar-refractivity contribution in [2.75, 3.05) is 38.4 Å². The van der Waals surface area contributed by atoms with E-state index in [1.165, 1.54) is 4.68 Å². The molecule has 7 N–H and O–H groups in total. The highest BCUT2D eigenvalue weighted by Crippen LogP contribution is 2.31. The second-order valence-electron chi connectivity index (χ2n) is 13.5. The molecule has 3 heterocycles. The number of Topliss-reactive ketones (excluding diaryl/α,β-unsaturated/α-hetero) is 1. The average molecular weight is 901 g/mol. The van der Waals surface area contributed by atoms with Gasteiger partial charge in [-0.15, -0.1) is 10.2 Å². The van der Waals surface area contributed by atoms with Crippen molar-refractivity contribution in [3.63, 3.8) is 0 Å². The number of nitrogens with zero attached hydrogens (tertiary/aromatic N) is 9. The van der Waals surface area contributed by atoms with Gasteiger partial charge in [-0.2, -0.15) is 0 Å². The van der Waals surface area contributed by atoms with Crippen LogP contribution in [-0.2, 0) is 76.0 Å². The van der Waals surface area contributed by atoms with E-state index in [-0.39, 0.29) is 51.2 Å². The Labute approximate surface area is 378 Å². The predicted molar refractivity (Wildman–Crippen MR) is 243 cm³/mol. The molecule has 0 fully saturated rings. The van der Waals surface area contributed by atoms with Gasteiger partial charge in [-0.25, -0.2) is 9.36 Å². The summed E-state index contributed by atoms with van der Waals surface area (Å²) < 4.78 is 28.1. The number of carbonyl (C=O) groups is 3. The number of aryl methyl sites for hydroxylation is 2. The van der Waals surface area contributed by atoms with Gasteiger partial charge in [-0.1, -0.05) is 72.4 Å². The lowest BCUT2D eigenvalue weighted by Crippen LogP contribution is -2.16. The molecule has 0 spiro atoms. The van der Waals surface area contributed by atoms with Crippen LogP contribution < -0.4 is 11.5 Å². The Kier molecular flexibility index (Phi) is 23.5. The van der Waals surface area contributed by atoms with E-state index in [9.17, 15) is 29.0 Å². The molecule has 5 aromatic rings. The van der Waals surface area contributed by atoms with Crippen LogP contribution in [0.1, 0.15) is 81.6 Å². The van der Waals surface area contributed by atoms with Crippen molar-refractivity contribution in [2.45, 2.75) is 93.2 Å². The molecule has 348 valence electrons. The van der Waals surface area contributed by atoms with Crippen molar-refractivity contribution in [1.82, 2.24) is 30.0 Å². The number of ether oxygens (including phenoxy) is 2. The van der Waals surface area contributed by atoms with E-state index in [0.29, 0.717) is 48.7 Å². The first kappa shape index (κ1) is 52.2. The molecular formula is C45H58FN11O8. The first-order chi connectivity index (χ1) is 31.8. The van der Waals surface area contributed by atoms with Crippen LogP contribution >= 0.6 is 0 Å². The number of azide groups is 1. The number of aliphatic hydroxyl groups is 3. The summed E-state index contributed by atoms with van der Waals surface area (Å²) in [7, 11) is -1.00. The Hall–Kier alpha value is -7.17. The van der Waals surface area contributed by atoms with Gasteiger partial charge in [-0.3, -0.25) is 18.8 Å². The molecule has 6 rings (SSSR count). The van der Waals surface area contributed by atoms with E-state index in [0.717, 1.165) is 63.3 Å². The van der Waals surface area contributed by atoms with E-state index in [4.69, 9.17) is 28.2 Å². The topological polar surface area (TPSA) is 293 Å². The minimum Gasteiger partial charge on any atom is -0.466 e. The summed E-state index contributed by atoms with van der Waals surface area (Å²) in [6.45, 7) is 9.98. The molecule has 19 nitrogen and oxygen atoms in total. The van der Waals surface area contributed by atoms with Crippen molar-refractivity contribution in [2.24, 2.45) is 5.11 Å². The zero-order valence-electron chi connectivity index (χ0n) is 38.3. The molecule has 0 saturated heterocycles. The van der Waals surface area contributed by atoms with E-state index in [1.54, 1.807) is 48.9 Å². The number of aliphatic hydroxyl groups excluding tert-OH is 3. The molecule has 0 radical (unpaired) electrons. The molecule has 2 aromatic heterocycles. The van der Waals surface area contributed by atoms with Crippen molar-refractivity contribution < 1.29 is 44.9 Å². The van der Waals surface area contributed by atoms with Gasteiger partial charge in [0.1, 0.15) is 19.6 Å². The Balaban J connectivity index is 0.000000310. The monoisotopic (exact) mass is 900 g/mol. The summed E-state index contributed by atoms with van der Waals surface area (Å²) >= 11 is 0. The number of rotatable bonds is 12. The standard InChI is InChI=1S/C15H20N4O3.C14H15N3O2.C11H13NO.C4H7N3O2.CH3F/c1-3-13-15(11-7-10(9-20)5-6-12(11)16)19(18-17-13)8-14(21)22-4-2;1-2-13-14-12-5-9(8-18)3-4-10(12)6-11(19)7-17(14)16-15-13;1-2-3-4-10-7-9(8-13)5-6-11(10)12;1-2-9-4(8)3-6-7-5;1-2/h5-7,20H,3-4,8-9,16H2,1-2H3;3-5,18H,2,6-8H2,1H3;5-7,13H,2,8,12H2,1H3;2-3H2,1H3;1H3/i;;;;1D. The maximum absolute atomic E-state index is 11.9. The number of ketones is 1. The van der Waals surface area contributed by atoms with Gasteiger partial charge in [-0.05, 0) is 84.8 Å². The summed E-state index contributed by atoms with van der Waals surface area (Å²) in [5.74, 6) is 5.15. The third-order valence-electron chi connectivity index (χ3n) is 9.01. The number of benzene rings is 3. The van der Waals surface area contributed by atoms with Crippen molar-refractivity contribution in [1.29, 1.82) is 0 Å². The Bertz CT molecular complexity index is 2460. The minimum absolute atomic E-state index is 0.00967. The zero-order valence-corrected chi connectivity index (χ0v) is 37.3. The van der Waals surface area contributed by atoms with Gasteiger partial charge in [0.25, 0.3) is 0 Å². The lowest BCUT2D eigenvalue weighted by atomic mass is 9.97. The van der Waals surface area contributed by atoms with Gasteiger partial charge in [0, 0.05) is 45.8 Å². The van der Waals surface area contributed by atoms with Gasteiger partial charge in [0.2, 0.25) is 0 Å². The summed E-state index contributed by atoms with van der Waals surface area (Å²) in [4.78, 5) is 36.3. The number of hydrogen-bond donors (Lipinski definition) is 5. The predicted octanol–water partition coefficient (Wildman–Crippen LogP) is 5.24. The van der Waals surface area contributed by atoms with Gasteiger partial charge >= 0.3 is 11.9 Å². The number of hydrogen-bond acceptors (Lipinski definition) is 15. The van der Waals surface area contributed by atoms with E-state index in [2.05, 4.69) is 47.2 Å². The van der Waals surface area contributed by atoms with Crippen LogP contribution in [-0.4, -0.2) is 89.9 Å². The SMILES string of the molecule is CCC#Cc1cc(CO)ccc1N.CCOC(=O)CN=[N+]=[N-].CCOC(=O)Cn1nnc(CC)c1-c1cc(CO)ccc1N.CCc1nnn2c1-c1cc(CO)ccc1CC(=O)C2.[2H]CF. The molecule has 0 amide bonds. The lowest BCUT2D eigenvalue weighted by molar-refractivity contribution is -0.144. The number of esters is 2. The highest BCUT2D eigenvalue weighted by atomic mass is 19.1. The minimum atomic E-state index is -1.00. The van der Waals surface area contributed by atoms with E-state index >= 15 is 0 Å². The molecule has 1 aliphatic rings. The van der Waals surface area contributed by atoms with Crippen molar-refractivity contribution >= 4 is 29.1 Å². The Morgan fingerprint density at radius 3 is 1.98 bits per heavy atom. The van der Waals surface area contributed by atoms with Crippen molar-refractivity contribution in [3.05, 3.63) is 104 Å². The Morgan fingerprint density at radius 1 is 0.846 bits per heavy atom. The number of nitrogens with two attached hydrogens (primary N) is 2. The van der Waals surface area contributed by atoms with Gasteiger partial charge < -0.3 is 36.3 Å². The molecule has 65 heavy (non-hydrogen) atoms. The smallest absolute Gasteiger partial charge is 0.327 e. The van der Waals surface area contributed by atoms with Crippen molar-refractivity contribution in [3.8, 4) is 34.4 Å². The normalized spacial score (nSPS) is 10.8. The number of carbonyl (C=O) groups excluding carboxylic acids is 3. The van der Waals surface area contributed by atoms with Crippen LogP contribution in [0.25, 0.3) is 33.0 Å². The second kappa shape index (κ2) is 29.2. The highest BCUT2D eigenvalue weighted by molar-refractivity contribution is 5.86. The number of fused-ring (bicyclic) bond motifs is 3. The fourth-order valence-corrected chi connectivity index (χ4v) is 6.04. The fourth-order valence-electron chi connectivity index (χ4n) is 6.04. The maximum atomic E-state index is 11.9. The van der Waals surface area contributed by atoms with E-state index < -0.39 is 13.1 Å². The fraction of sp³-hybridized carbons (Fsp3) is 0.400. The number of halogens is 1. The molecule has 0 bridgehead atoms. The first-order valence-corrected chi connectivity index (χ1v) is 20.6. The summed E-state index contributed by atoms with van der Waals surface area (Å²) in [5, 5.41) is 46.8. The second-order valence-corrected chi connectivity index (χ2v) is 13.5. The lowest BCUT2D eigenvalue weighted by Gasteiger charge is -2.11. The number of alkyl halides is 1. The first-order valence-electron chi connectivity index (χ1n) is 21.3. The van der Waals surface area contributed by atoms with Crippen LogP contribution in [0.15, 0.2) is 59.7 Å². The number of aromatic nitrogens is 6. The third kappa shape index (κ3) is 16.5. The quantitative estimate of drug-likeness (QED) is 0.0267. The summed E-state index contributed by atoms with van der Waals surface area (Å²) in [5.41, 5.74) is 29.8. The van der Waals surface area contributed by atoms with Crippen LogP contribution in [0.5, 0.6) is 0 Å². The van der Waals surface area contributed by atoms with Gasteiger partial charge in [0.15, 0.2) is 5.78 Å². The molecule has 20 heteroatoms. The Morgan fingerprint density at radius 2 is 1.40 bits per heavy atom. The molecule has 3 aromatic carbocycles. The maximum Gasteiger partial charge on any atom is 0.327 e. The summed E-state index contributed by atoms with van der Waals surface area (Å²) in [6.07, 6.45) is 2.64. The van der Waals surface area contributed by atoms with Gasteiger partial charge in [0.05, 0.1) is 64.3 Å². The largest absolute Gasteiger partial charge is 0.466 e. The van der Waals surface area contributed by atoms with E-state index in [1.807, 2.05) is 45.0 Å². The number of anilines is 2. The molecule has 0 unspecified atom stereocenters. The third-order valence-corrected chi connectivity index (χ3v) is 9.01. The van der Waals surface area contributed by atoms with Crippen LogP contribution in [0.2, 0.25) is 0 Å². The average Bonchev–Trinajstić information content (AvgIpc) is 3.88. The molecule has 1 aliphatic heterocycles. The van der Waals surface area contributed by atoms with Crippen LogP contribution in [0.3, 0.4) is 0 Å². The molecule has 0 atom stereocenters. The number of nitrogen functional groups attached to an aromatic ring is 2. The van der Waals surface area contributed by atoms with Crippen LogP contribution in [0, 0.1) is 11.8 Å². The molecular weight excluding hydrogens is 842 g/mol. The van der Waals surface area contributed by atoms with Crippen LogP contribution in [0.4, 0.5) is 15.8 Å². The zero-order chi connectivity index (χ0) is 49.0. The molecule has 0 aliphatic carbocycles. The summed E-state index contributed by atoms with van der Waals surface area (Å²) in [6, 6.07) is 16.4. The molecule has 0 saturated carbocycles. The highest BCUT2D eigenvalue weighted by Gasteiger charge is 2.24.